The van der Waals surface area contributed by atoms with Gasteiger partial charge in [0.1, 0.15) is 17.1 Å². The molecule has 0 fully saturated rings. The Morgan fingerprint density at radius 2 is 0.748 bits per heavy atom. The number of hydrogen-bond acceptors (Lipinski definition) is 27. The number of benzene rings is 3. The molecule has 9 aromatic heterocycles. The number of carbonyl (C=O) groups is 11. The average Bonchev–Trinajstić information content (AvgIpc) is 1.60. The SMILES string of the molecule is CN(C)CCCNC(=O)c1nc(NC(=O)c2nc(NC(=O)c3nc(NC(=O)CCNc4nc(NC(=O)c5nc(NC(=O)c6nc(NC(=O)CCNc7nc(NC(=O)c8nc(NC(=O)c9nc(NC(=O)CCNC(=S)Nc%10ccc(-c%11c%12ccc(=O)cc-%12oc%12cc(O)ccc%11%12)c(C(=O)O)c%10)cn9C)cn8C)cn7C)cn6C)cn5C)cn4C)cn3C)cn2C)cn1C. The highest BCUT2D eigenvalue weighted by atomic mass is 32.1. The van der Waals surface area contributed by atoms with E-state index in [4.69, 9.17) is 16.6 Å². The highest BCUT2D eigenvalue weighted by molar-refractivity contribution is 7.80. The van der Waals surface area contributed by atoms with Gasteiger partial charge in [0.05, 0.1) is 5.56 Å². The van der Waals surface area contributed by atoms with Crippen molar-refractivity contribution in [3.05, 3.63) is 167 Å². The number of carboxylic acid groups (broad SMARTS) is 1. The van der Waals surface area contributed by atoms with Crippen LogP contribution in [0.15, 0.2) is 120 Å². The maximum atomic E-state index is 13.5. The Hall–Kier alpha value is -16.8. The lowest BCUT2D eigenvalue weighted by Gasteiger charge is -2.18. The van der Waals surface area contributed by atoms with E-state index >= 15 is 0 Å². The lowest BCUT2D eigenvalue weighted by molar-refractivity contribution is -0.116. The molecule has 11 aromatic rings. The summed E-state index contributed by atoms with van der Waals surface area (Å²) >= 11 is 5.46. The van der Waals surface area contributed by atoms with Gasteiger partial charge in [-0.2, -0.15) is 9.97 Å². The van der Waals surface area contributed by atoms with Gasteiger partial charge < -0.3 is 135 Å². The van der Waals surface area contributed by atoms with Gasteiger partial charge in [0.15, 0.2) is 62.9 Å². The van der Waals surface area contributed by atoms with Crippen LogP contribution in [0.4, 0.5) is 69.9 Å². The predicted molar refractivity (Wildman–Crippen MR) is 466 cm³/mol. The van der Waals surface area contributed by atoms with Crippen LogP contribution in [0.2, 0.25) is 0 Å². The van der Waals surface area contributed by atoms with Gasteiger partial charge in [0.2, 0.25) is 70.4 Å². The van der Waals surface area contributed by atoms with E-state index in [1.54, 1.807) is 68.6 Å². The Morgan fingerprint density at radius 3 is 1.13 bits per heavy atom. The number of aryl methyl sites for hydroxylation is 9. The number of fused-ring (bicyclic) bond motifs is 2. The number of aromatic hydroxyl groups is 1. The molecule has 0 saturated heterocycles. The normalized spacial score (nSPS) is 11.1. The molecule has 49 heteroatoms. The van der Waals surface area contributed by atoms with Gasteiger partial charge >= 0.3 is 5.97 Å². The van der Waals surface area contributed by atoms with Gasteiger partial charge in [0.25, 0.3) is 41.4 Å². The van der Waals surface area contributed by atoms with Crippen LogP contribution in [0.5, 0.6) is 5.75 Å². The second-order valence-corrected chi connectivity index (χ2v) is 29.6. The van der Waals surface area contributed by atoms with E-state index < -0.39 is 65.0 Å². The third-order valence-electron chi connectivity index (χ3n) is 19.0. The van der Waals surface area contributed by atoms with Crippen molar-refractivity contribution in [2.24, 2.45) is 63.4 Å². The Kier molecular flexibility index (Phi) is 26.1. The number of imidazole rings is 9. The molecule has 2 aromatic carbocycles. The first-order valence-electron chi connectivity index (χ1n) is 38.6. The fourth-order valence-corrected chi connectivity index (χ4v) is 13.3. The van der Waals surface area contributed by atoms with Crippen LogP contribution in [-0.4, -0.2) is 218 Å². The minimum absolute atomic E-state index is 0.00112. The molecule has 16 N–H and O–H groups in total. The fraction of sp³-hybridized carbons (Fsp3) is 0.256. The maximum Gasteiger partial charge on any atom is 0.336 e. The summed E-state index contributed by atoms with van der Waals surface area (Å²) in [6, 6.07) is 13.1. The van der Waals surface area contributed by atoms with Gasteiger partial charge in [-0.1, -0.05) is 6.07 Å². The van der Waals surface area contributed by atoms with Crippen LogP contribution >= 0.6 is 12.2 Å². The lowest BCUT2D eigenvalue weighted by Crippen LogP contribution is -2.31. The molecule has 0 bridgehead atoms. The number of phenols is 1. The van der Waals surface area contributed by atoms with Gasteiger partial charge in [-0.3, -0.25) is 52.7 Å². The Labute approximate surface area is 723 Å². The van der Waals surface area contributed by atoms with Crippen molar-refractivity contribution in [3.63, 3.8) is 0 Å². The smallest absolute Gasteiger partial charge is 0.336 e. The van der Waals surface area contributed by atoms with E-state index in [0.29, 0.717) is 40.3 Å². The minimum Gasteiger partial charge on any atom is -0.508 e. The molecule has 658 valence electrons. The summed E-state index contributed by atoms with van der Waals surface area (Å²) in [6.07, 6.45) is 13.5. The zero-order valence-electron chi connectivity index (χ0n) is 69.9. The monoisotopic (exact) mass is 1760 g/mol. The topological polar surface area (TPSA) is 590 Å². The van der Waals surface area contributed by atoms with E-state index in [0.717, 1.165) is 13.0 Å². The first-order chi connectivity index (χ1) is 60.5. The first-order valence-corrected chi connectivity index (χ1v) is 39.1. The number of aromatic carboxylic acids is 1. The van der Waals surface area contributed by atoms with Crippen molar-refractivity contribution >= 4 is 163 Å². The second-order valence-electron chi connectivity index (χ2n) is 29.2. The average molecular weight is 1760 g/mol. The van der Waals surface area contributed by atoms with Crippen molar-refractivity contribution in [1.82, 2.24) is 101 Å². The molecule has 0 atom stereocenters. The minimum atomic E-state index is -1.26. The number of phenolic OH excluding ortho intramolecular Hbond substituents is 1. The maximum absolute atomic E-state index is 13.5. The number of hydrogen-bond donors (Lipinski definition) is 16. The number of anilines is 12. The Morgan fingerprint density at radius 1 is 0.394 bits per heavy atom. The van der Waals surface area contributed by atoms with Crippen molar-refractivity contribution in [3.8, 4) is 28.2 Å². The summed E-state index contributed by atoms with van der Waals surface area (Å²) in [7, 11) is 18.1. The molecular formula is C78H85N33O15S. The van der Waals surface area contributed by atoms with Crippen molar-refractivity contribution in [2.75, 3.05) is 111 Å². The van der Waals surface area contributed by atoms with Gasteiger partial charge in [-0.15, -0.1) is 0 Å². The summed E-state index contributed by atoms with van der Waals surface area (Å²) < 4.78 is 18.8. The van der Waals surface area contributed by atoms with E-state index in [2.05, 4.69) is 119 Å². The Balaban J connectivity index is 0.506. The van der Waals surface area contributed by atoms with Crippen molar-refractivity contribution < 1.29 is 67.4 Å². The van der Waals surface area contributed by atoms with Crippen LogP contribution in [0.25, 0.3) is 33.4 Å². The van der Waals surface area contributed by atoms with Crippen LogP contribution < -0.4 is 79.9 Å². The molecular weight excluding hydrogens is 1670 g/mol. The van der Waals surface area contributed by atoms with Crippen molar-refractivity contribution in [1.29, 1.82) is 0 Å². The fourth-order valence-electron chi connectivity index (χ4n) is 13.1. The number of nitrogens with one attached hydrogen (secondary N) is 14. The Bertz CT molecular complexity index is 6560. The van der Waals surface area contributed by atoms with Gasteiger partial charge in [-0.25, -0.2) is 39.7 Å². The predicted octanol–water partition coefficient (Wildman–Crippen LogP) is 3.96. The van der Waals surface area contributed by atoms with E-state index in [1.165, 1.54) is 146 Å². The summed E-state index contributed by atoms with van der Waals surface area (Å²) in [4.78, 5) is 198. The molecule has 0 saturated carbocycles. The van der Waals surface area contributed by atoms with Gasteiger partial charge in [0, 0.05) is 199 Å². The molecule has 1 aliphatic carbocycles. The van der Waals surface area contributed by atoms with E-state index in [1.807, 2.05) is 19.0 Å². The summed E-state index contributed by atoms with van der Waals surface area (Å²) in [5.41, 5.74) is 1.36. The molecule has 0 radical (unpaired) electrons. The molecule has 10 amide bonds. The van der Waals surface area contributed by atoms with Gasteiger partial charge in [-0.05, 0) is 81.2 Å². The standard InChI is InChI=1S/C78H85N33O15S/c1-102(2)26-12-22-79-68(117)61-90-51(33-103(61)3)94-72(121)65-91-52(34-107(65)7)95-69(118)62-87-48(30-104(62)4)84-57(114)19-23-80-76-100-55(37-110(76)10)98-73(122)66-92-53(35-108(66)8)96-70(119)63-88-49(31-105(63)5)85-58(115)20-24-81-77-101-56(38-111(77)11)99-74(123)67-93-54(36-109(67)9)97-71(120)64-89-50(32-106(64)6)86-59(116)21-25-82-78(127)83-39-13-16-42(45(27-39)75(124)125)60-43-17-14-40(112)28-46(43)126-47-29-41(113)15-18-44(47)60/h13-18,27-38,112H,12,19-26H2,1-11H3,(H,79,117)(H,80,100)(H,81,101)(H,84,114)(H,85,115)(H,86,116)(H,94,121)(H,95,118)(H,96,119)(H,97,120)(H,98,122)(H,99,123)(H,124,125)(H2,82,83,127). The number of aromatic nitrogens is 18. The first kappa shape index (κ1) is 88.0. The summed E-state index contributed by atoms with van der Waals surface area (Å²) in [6.45, 7) is 1.42. The van der Waals surface area contributed by atoms with E-state index in [9.17, 15) is 67.7 Å². The molecule has 1 aliphatic heterocycles. The third kappa shape index (κ3) is 21.2. The lowest BCUT2D eigenvalue weighted by atomic mass is 9.90. The molecule has 2 aliphatic rings. The number of rotatable bonds is 34. The second kappa shape index (κ2) is 37.7. The van der Waals surface area contributed by atoms with Crippen molar-refractivity contribution in [2.45, 2.75) is 25.7 Å². The molecule has 13 rings (SSSR count). The van der Waals surface area contributed by atoms with Crippen LogP contribution in [0.1, 0.15) is 110 Å². The molecule has 48 nitrogen and oxygen atoms in total. The molecule has 10 heterocycles. The summed E-state index contributed by atoms with van der Waals surface area (Å²) in [5, 5.41) is 59.6. The molecule has 127 heavy (non-hydrogen) atoms. The van der Waals surface area contributed by atoms with E-state index in [-0.39, 0.29) is 171 Å². The molecule has 0 unspecified atom stereocenters. The number of nitrogens with zero attached hydrogens (tertiary/aromatic N) is 19. The quantitative estimate of drug-likeness (QED) is 0.0154. The molecule has 0 spiro atoms. The third-order valence-corrected chi connectivity index (χ3v) is 19.2. The highest BCUT2D eigenvalue weighted by Crippen LogP contribution is 2.43. The number of thiocarbonyl (C=S) groups is 1. The highest BCUT2D eigenvalue weighted by Gasteiger charge is 2.29. The zero-order valence-corrected chi connectivity index (χ0v) is 70.7. The van der Waals surface area contributed by atoms with Crippen LogP contribution in [0.3, 0.4) is 0 Å². The van der Waals surface area contributed by atoms with Crippen LogP contribution in [0, 0.1) is 0 Å². The number of amides is 10. The van der Waals surface area contributed by atoms with Crippen LogP contribution in [-0.2, 0) is 77.8 Å². The largest absolute Gasteiger partial charge is 0.508 e. The zero-order chi connectivity index (χ0) is 90.9. The number of carboxylic acids is 1. The number of carbonyl (C=O) groups excluding carboxylic acids is 10. The summed E-state index contributed by atoms with van der Waals surface area (Å²) in [5.74, 6) is -6.49.